The molecule has 0 heterocycles. The van der Waals surface area contributed by atoms with Crippen LogP contribution in [0.4, 0.5) is 24.5 Å². The molecule has 4 N–H and O–H groups in total. The summed E-state index contributed by atoms with van der Waals surface area (Å²) in [6.45, 7) is 0.876. The van der Waals surface area contributed by atoms with Gasteiger partial charge in [-0.2, -0.15) is 13.2 Å². The zero-order valence-corrected chi connectivity index (χ0v) is 26.6. The van der Waals surface area contributed by atoms with Gasteiger partial charge in [0, 0.05) is 23.9 Å². The molecule has 3 rings (SSSR count). The molecule has 0 radical (unpaired) electrons. The first-order chi connectivity index (χ1) is 23.0. The molecule has 0 aliphatic heterocycles. The van der Waals surface area contributed by atoms with Crippen LogP contribution in [0.1, 0.15) is 84.1 Å². The van der Waals surface area contributed by atoms with Gasteiger partial charge in [0.15, 0.2) is 0 Å². The molecule has 9 nitrogen and oxygen atoms in total. The van der Waals surface area contributed by atoms with Crippen LogP contribution in [0.5, 0.6) is 11.5 Å². The smallest absolute Gasteiger partial charge is 0.389 e. The average molecular weight is 671 g/mol. The largest absolute Gasteiger partial charge is 0.494 e. The minimum Gasteiger partial charge on any atom is -0.494 e. The molecule has 3 aromatic carbocycles. The summed E-state index contributed by atoms with van der Waals surface area (Å²) in [5, 5.41) is 0. The summed E-state index contributed by atoms with van der Waals surface area (Å²) < 4.78 is 58.0. The molecule has 48 heavy (non-hydrogen) atoms. The first-order valence-electron chi connectivity index (χ1n) is 15.8. The van der Waals surface area contributed by atoms with Gasteiger partial charge in [0.2, 0.25) is 0 Å². The Labute approximate surface area is 278 Å². The Hall–Kier alpha value is -5.00. The first kappa shape index (κ1) is 37.5. The third-order valence-electron chi connectivity index (χ3n) is 6.95. The molecule has 0 spiro atoms. The molecule has 0 fully saturated rings. The molecule has 0 unspecified atom stereocenters. The molecule has 12 heteroatoms. The van der Waals surface area contributed by atoms with Crippen molar-refractivity contribution in [2.45, 2.75) is 64.0 Å². The fraction of sp³-hybridized carbons (Fsp3) is 0.361. The van der Waals surface area contributed by atoms with Gasteiger partial charge < -0.3 is 30.4 Å². The van der Waals surface area contributed by atoms with Crippen molar-refractivity contribution in [2.75, 3.05) is 31.3 Å². The lowest BCUT2D eigenvalue weighted by molar-refractivity contribution is -0.138. The number of hydrogen-bond acceptors (Lipinski definition) is 9. The SMILES string of the molecule is Nc1cc(N)cc(C(=O)OCCCCCCCOC(=O)/C=C/c2ccc(OC(=O)c3ccc(OCCCCCC(F)(F)F)cc3)cc2)c1. The van der Waals surface area contributed by atoms with E-state index in [1.54, 1.807) is 60.7 Å². The Morgan fingerprint density at radius 1 is 0.625 bits per heavy atom. The third-order valence-corrected chi connectivity index (χ3v) is 6.95. The van der Waals surface area contributed by atoms with Crippen molar-refractivity contribution in [1.29, 1.82) is 0 Å². The Morgan fingerprint density at radius 2 is 1.19 bits per heavy atom. The average Bonchev–Trinajstić information content (AvgIpc) is 3.04. The van der Waals surface area contributed by atoms with Crippen LogP contribution in [0, 0.1) is 0 Å². The Morgan fingerprint density at radius 3 is 1.83 bits per heavy atom. The molecule has 0 aliphatic carbocycles. The second-order valence-corrected chi connectivity index (χ2v) is 11.1. The van der Waals surface area contributed by atoms with Crippen LogP contribution in [0.3, 0.4) is 0 Å². The van der Waals surface area contributed by atoms with E-state index in [0.29, 0.717) is 72.0 Å². The van der Waals surface area contributed by atoms with Crippen LogP contribution < -0.4 is 20.9 Å². The van der Waals surface area contributed by atoms with Gasteiger partial charge in [0.05, 0.1) is 30.9 Å². The van der Waals surface area contributed by atoms with Gasteiger partial charge >= 0.3 is 24.1 Å². The molecule has 3 aromatic rings. The number of anilines is 2. The van der Waals surface area contributed by atoms with Crippen molar-refractivity contribution in [2.24, 2.45) is 0 Å². The maximum atomic E-state index is 12.5. The number of alkyl halides is 3. The summed E-state index contributed by atoms with van der Waals surface area (Å²) in [5.41, 5.74) is 13.6. The van der Waals surface area contributed by atoms with Gasteiger partial charge in [-0.1, -0.05) is 31.4 Å². The van der Waals surface area contributed by atoms with E-state index in [2.05, 4.69) is 0 Å². The normalized spacial score (nSPS) is 11.3. The van der Waals surface area contributed by atoms with E-state index in [9.17, 15) is 27.6 Å². The third kappa shape index (κ3) is 15.1. The first-order valence-corrected chi connectivity index (χ1v) is 15.8. The number of benzene rings is 3. The number of rotatable bonds is 19. The molecular formula is C36H41F3N2O7. The van der Waals surface area contributed by atoms with Crippen LogP contribution in [0.2, 0.25) is 0 Å². The van der Waals surface area contributed by atoms with Crippen LogP contribution in [-0.2, 0) is 14.3 Å². The number of ether oxygens (including phenoxy) is 4. The Balaban J connectivity index is 1.24. The van der Waals surface area contributed by atoms with Crippen LogP contribution >= 0.6 is 0 Å². The number of esters is 3. The topological polar surface area (TPSA) is 140 Å². The molecule has 0 bridgehead atoms. The highest BCUT2D eigenvalue weighted by atomic mass is 19.4. The van der Waals surface area contributed by atoms with Crippen LogP contribution in [0.15, 0.2) is 72.8 Å². The summed E-state index contributed by atoms with van der Waals surface area (Å²) in [7, 11) is 0. The zero-order chi connectivity index (χ0) is 34.8. The van der Waals surface area contributed by atoms with Gasteiger partial charge in [-0.15, -0.1) is 0 Å². The van der Waals surface area contributed by atoms with E-state index in [0.717, 1.165) is 25.7 Å². The number of unbranched alkanes of at least 4 members (excludes halogenated alkanes) is 6. The standard InChI is InChI=1S/C36H41F3N2O7/c37-36(38,39)19-5-4-8-20-45-31-16-12-27(13-17-31)35(44)48-32-14-9-26(10-15-32)11-18-33(42)46-21-6-2-1-3-7-22-47-34(43)28-23-29(40)25-30(41)24-28/h9-18,23-25H,1-8,19-22,40-41H2/b18-11+. The highest BCUT2D eigenvalue weighted by molar-refractivity contribution is 5.92. The fourth-order valence-corrected chi connectivity index (χ4v) is 4.46. The summed E-state index contributed by atoms with van der Waals surface area (Å²) in [6, 6.07) is 17.5. The lowest BCUT2D eigenvalue weighted by atomic mass is 10.1. The van der Waals surface area contributed by atoms with E-state index in [-0.39, 0.29) is 13.0 Å². The van der Waals surface area contributed by atoms with E-state index < -0.39 is 30.5 Å². The lowest BCUT2D eigenvalue weighted by Crippen LogP contribution is -2.08. The van der Waals surface area contributed by atoms with Crippen molar-refractivity contribution in [3.05, 3.63) is 89.5 Å². The number of halogens is 3. The Bertz CT molecular complexity index is 1470. The second kappa shape index (κ2) is 19.6. The van der Waals surface area contributed by atoms with Crippen LogP contribution in [-0.4, -0.2) is 43.9 Å². The molecule has 0 atom stereocenters. The van der Waals surface area contributed by atoms with Gasteiger partial charge in [0.1, 0.15) is 11.5 Å². The monoisotopic (exact) mass is 670 g/mol. The maximum Gasteiger partial charge on any atom is 0.389 e. The summed E-state index contributed by atoms with van der Waals surface area (Å²) in [4.78, 5) is 36.6. The summed E-state index contributed by atoms with van der Waals surface area (Å²) in [5.74, 6) is -0.660. The van der Waals surface area contributed by atoms with Gasteiger partial charge in [-0.25, -0.2) is 14.4 Å². The van der Waals surface area contributed by atoms with E-state index in [1.807, 2.05) is 0 Å². The predicted octanol–water partition coefficient (Wildman–Crippen LogP) is 7.94. The van der Waals surface area contributed by atoms with E-state index in [1.165, 1.54) is 18.2 Å². The molecule has 0 saturated heterocycles. The van der Waals surface area contributed by atoms with Gasteiger partial charge in [0.25, 0.3) is 0 Å². The maximum absolute atomic E-state index is 12.5. The minimum atomic E-state index is -4.13. The van der Waals surface area contributed by atoms with E-state index in [4.69, 9.17) is 30.4 Å². The fourth-order valence-electron chi connectivity index (χ4n) is 4.46. The van der Waals surface area contributed by atoms with Crippen molar-refractivity contribution in [1.82, 2.24) is 0 Å². The minimum absolute atomic E-state index is 0.0682. The molecule has 258 valence electrons. The summed E-state index contributed by atoms with van der Waals surface area (Å²) >= 11 is 0. The number of nitrogens with two attached hydrogens (primary N) is 2. The molecule has 0 amide bonds. The van der Waals surface area contributed by atoms with E-state index >= 15 is 0 Å². The quantitative estimate of drug-likeness (QED) is 0.0428. The second-order valence-electron chi connectivity index (χ2n) is 11.1. The number of hydrogen-bond donors (Lipinski definition) is 2. The molecular weight excluding hydrogens is 629 g/mol. The number of carbonyl (C=O) groups excluding carboxylic acids is 3. The lowest BCUT2D eigenvalue weighted by Gasteiger charge is -2.08. The Kier molecular flexibility index (Phi) is 15.3. The van der Waals surface area contributed by atoms with Gasteiger partial charge in [-0.05, 0) is 98.3 Å². The van der Waals surface area contributed by atoms with Crippen molar-refractivity contribution < 1.29 is 46.5 Å². The van der Waals surface area contributed by atoms with Crippen molar-refractivity contribution >= 4 is 35.4 Å². The molecule has 0 saturated carbocycles. The number of carbonyl (C=O) groups is 3. The highest BCUT2D eigenvalue weighted by Crippen LogP contribution is 2.23. The van der Waals surface area contributed by atoms with Crippen molar-refractivity contribution in [3.63, 3.8) is 0 Å². The predicted molar refractivity (Wildman–Crippen MR) is 176 cm³/mol. The highest BCUT2D eigenvalue weighted by Gasteiger charge is 2.25. The van der Waals surface area contributed by atoms with Crippen molar-refractivity contribution in [3.8, 4) is 11.5 Å². The number of nitrogen functional groups attached to an aromatic ring is 2. The summed E-state index contributed by atoms with van der Waals surface area (Å²) in [6.07, 6.45) is 3.06. The zero-order valence-electron chi connectivity index (χ0n) is 26.6. The molecule has 0 aliphatic rings. The van der Waals surface area contributed by atoms with Crippen LogP contribution in [0.25, 0.3) is 6.08 Å². The van der Waals surface area contributed by atoms with Gasteiger partial charge in [-0.3, -0.25) is 0 Å². The molecule has 0 aromatic heterocycles.